The number of halogens is 1. The zero-order valence-corrected chi connectivity index (χ0v) is 16.3. The zero-order chi connectivity index (χ0) is 20.9. The van der Waals surface area contributed by atoms with E-state index in [-0.39, 0.29) is 27.0 Å². The van der Waals surface area contributed by atoms with Gasteiger partial charge in [-0.3, -0.25) is 25.2 Å². The minimum absolute atomic E-state index is 0.0560. The van der Waals surface area contributed by atoms with E-state index in [1.165, 1.54) is 30.5 Å². The zero-order valence-electron chi connectivity index (χ0n) is 14.7. The van der Waals surface area contributed by atoms with Gasteiger partial charge in [-0.15, -0.1) is 0 Å². The smallest absolute Gasteiger partial charge is 0.270 e. The lowest BCUT2D eigenvalue weighted by Crippen LogP contribution is -2.15. The van der Waals surface area contributed by atoms with E-state index < -0.39 is 14.9 Å². The summed E-state index contributed by atoms with van der Waals surface area (Å²) < 4.78 is 28.1. The molecule has 0 atom stereocenters. The second-order valence-corrected chi connectivity index (χ2v) is 7.73. The molecule has 1 aromatic heterocycles. The van der Waals surface area contributed by atoms with Crippen molar-refractivity contribution in [2.45, 2.75) is 4.90 Å². The monoisotopic (exact) mass is 431 g/mol. The van der Waals surface area contributed by atoms with Crippen molar-refractivity contribution in [2.75, 3.05) is 10.1 Å². The third kappa shape index (κ3) is 5.06. The van der Waals surface area contributed by atoms with E-state index in [1.54, 1.807) is 36.7 Å². The fourth-order valence-electron chi connectivity index (χ4n) is 2.31. The number of hydrazone groups is 1. The molecule has 0 spiro atoms. The molecule has 0 unspecified atom stereocenters. The molecule has 2 aromatic carbocycles. The van der Waals surface area contributed by atoms with Crippen molar-refractivity contribution in [3.63, 3.8) is 0 Å². The topological polar surface area (TPSA) is 127 Å². The van der Waals surface area contributed by atoms with Gasteiger partial charge in [-0.1, -0.05) is 23.7 Å². The van der Waals surface area contributed by atoms with Crippen molar-refractivity contribution in [1.29, 1.82) is 0 Å². The van der Waals surface area contributed by atoms with E-state index in [0.29, 0.717) is 0 Å². The van der Waals surface area contributed by atoms with Gasteiger partial charge in [0.05, 0.1) is 27.5 Å². The summed E-state index contributed by atoms with van der Waals surface area (Å²) in [5.74, 6) is 0. The average Bonchev–Trinajstić information content (AvgIpc) is 2.70. The van der Waals surface area contributed by atoms with Gasteiger partial charge in [-0.25, -0.2) is 8.42 Å². The predicted molar refractivity (Wildman–Crippen MR) is 111 cm³/mol. The van der Waals surface area contributed by atoms with Crippen molar-refractivity contribution in [2.24, 2.45) is 5.10 Å². The second-order valence-electron chi connectivity index (χ2n) is 5.67. The summed E-state index contributed by atoms with van der Waals surface area (Å²) in [7, 11) is -4.20. The molecule has 1 heterocycles. The van der Waals surface area contributed by atoms with E-state index in [0.717, 1.165) is 11.6 Å². The molecule has 148 valence electrons. The minimum Gasteiger partial charge on any atom is -0.278 e. The van der Waals surface area contributed by atoms with Crippen LogP contribution in [0.4, 0.5) is 17.1 Å². The number of nitro groups is 1. The Bertz CT molecular complexity index is 1170. The summed E-state index contributed by atoms with van der Waals surface area (Å²) in [6.07, 6.45) is 4.62. The highest BCUT2D eigenvalue weighted by Crippen LogP contribution is 2.30. The van der Waals surface area contributed by atoms with Gasteiger partial charge in [0.25, 0.3) is 15.7 Å². The molecule has 0 aliphatic carbocycles. The Morgan fingerprint density at radius 3 is 2.48 bits per heavy atom. The molecule has 0 amide bonds. The maximum absolute atomic E-state index is 12.9. The van der Waals surface area contributed by atoms with Gasteiger partial charge in [0, 0.05) is 24.5 Å². The van der Waals surface area contributed by atoms with Gasteiger partial charge in [0.1, 0.15) is 4.90 Å². The number of benzene rings is 2. The van der Waals surface area contributed by atoms with Crippen LogP contribution in [-0.2, 0) is 10.0 Å². The van der Waals surface area contributed by atoms with E-state index in [1.807, 2.05) is 0 Å². The first-order chi connectivity index (χ1) is 13.9. The third-order valence-electron chi connectivity index (χ3n) is 3.69. The van der Waals surface area contributed by atoms with Crippen LogP contribution in [-0.4, -0.2) is 24.5 Å². The molecule has 0 saturated heterocycles. The van der Waals surface area contributed by atoms with Crippen molar-refractivity contribution >= 4 is 44.9 Å². The van der Waals surface area contributed by atoms with Crippen LogP contribution in [0.5, 0.6) is 0 Å². The van der Waals surface area contributed by atoms with E-state index in [4.69, 9.17) is 11.6 Å². The quantitative estimate of drug-likeness (QED) is 0.332. The van der Waals surface area contributed by atoms with E-state index in [2.05, 4.69) is 20.2 Å². The largest absolute Gasteiger partial charge is 0.278 e. The molecular weight excluding hydrogens is 418 g/mol. The second kappa shape index (κ2) is 8.67. The van der Waals surface area contributed by atoms with Gasteiger partial charge in [-0.2, -0.15) is 5.10 Å². The van der Waals surface area contributed by atoms with Gasteiger partial charge < -0.3 is 0 Å². The maximum Gasteiger partial charge on any atom is 0.270 e. The van der Waals surface area contributed by atoms with Crippen molar-refractivity contribution < 1.29 is 13.3 Å². The van der Waals surface area contributed by atoms with Crippen molar-refractivity contribution in [3.8, 4) is 0 Å². The van der Waals surface area contributed by atoms with Gasteiger partial charge in [0.15, 0.2) is 0 Å². The number of hydrogen-bond donors (Lipinski definition) is 2. The van der Waals surface area contributed by atoms with Gasteiger partial charge >= 0.3 is 0 Å². The Labute approximate surface area is 171 Å². The number of non-ortho nitro benzene ring substituents is 1. The molecule has 3 rings (SSSR count). The first kappa shape index (κ1) is 20.2. The molecule has 0 bridgehead atoms. The van der Waals surface area contributed by atoms with E-state index in [9.17, 15) is 18.5 Å². The Morgan fingerprint density at radius 2 is 1.79 bits per heavy atom. The highest BCUT2D eigenvalue weighted by atomic mass is 35.5. The van der Waals surface area contributed by atoms with E-state index >= 15 is 0 Å². The highest BCUT2D eigenvalue weighted by Gasteiger charge is 2.23. The molecule has 0 aliphatic rings. The standard InChI is InChI=1S/C18H14ClN5O4S/c19-15-3-1-2-4-16(15)23-29(27,28)18-11-14(24(25)26)5-6-17(18)22-21-12-13-7-9-20-10-8-13/h1-12,22-23H/b21-12+. The van der Waals surface area contributed by atoms with Crippen LogP contribution in [0.1, 0.15) is 5.56 Å². The number of sulfonamides is 1. The molecule has 0 aliphatic heterocycles. The number of aromatic nitrogens is 1. The molecular formula is C18H14ClN5O4S. The number of hydrogen-bond acceptors (Lipinski definition) is 7. The molecule has 11 heteroatoms. The highest BCUT2D eigenvalue weighted by molar-refractivity contribution is 7.93. The maximum atomic E-state index is 12.9. The van der Waals surface area contributed by atoms with Crippen LogP contribution in [0.25, 0.3) is 0 Å². The molecule has 2 N–H and O–H groups in total. The fraction of sp³-hybridized carbons (Fsp3) is 0. The first-order valence-electron chi connectivity index (χ1n) is 8.12. The molecule has 3 aromatic rings. The summed E-state index contributed by atoms with van der Waals surface area (Å²) in [6, 6.07) is 13.1. The normalized spacial score (nSPS) is 11.3. The molecule has 0 saturated carbocycles. The summed E-state index contributed by atoms with van der Waals surface area (Å²) in [5.41, 5.74) is 3.16. The van der Waals surface area contributed by atoms with Crippen LogP contribution in [0, 0.1) is 10.1 Å². The lowest BCUT2D eigenvalue weighted by atomic mass is 10.3. The summed E-state index contributed by atoms with van der Waals surface area (Å²) in [4.78, 5) is 14.0. The van der Waals surface area contributed by atoms with Gasteiger partial charge in [0.2, 0.25) is 0 Å². The number of rotatable bonds is 7. The molecule has 0 fully saturated rings. The predicted octanol–water partition coefficient (Wildman–Crippen LogP) is 3.89. The van der Waals surface area contributed by atoms with Crippen LogP contribution in [0.3, 0.4) is 0 Å². The average molecular weight is 432 g/mol. The number of anilines is 2. The Kier molecular flexibility index (Phi) is 6.05. The number of nitrogens with zero attached hydrogens (tertiary/aromatic N) is 3. The van der Waals surface area contributed by atoms with Crippen LogP contribution < -0.4 is 10.1 Å². The lowest BCUT2D eigenvalue weighted by Gasteiger charge is -2.12. The SMILES string of the molecule is O=[N+]([O-])c1ccc(N/N=C/c2ccncc2)c(S(=O)(=O)Nc2ccccc2Cl)c1. The summed E-state index contributed by atoms with van der Waals surface area (Å²) >= 11 is 6.01. The number of para-hydroxylation sites is 1. The Balaban J connectivity index is 1.96. The molecule has 0 radical (unpaired) electrons. The minimum atomic E-state index is -4.20. The first-order valence-corrected chi connectivity index (χ1v) is 9.98. The fourth-order valence-corrected chi connectivity index (χ4v) is 3.80. The van der Waals surface area contributed by atoms with Crippen LogP contribution in [0.15, 0.2) is 77.0 Å². The van der Waals surface area contributed by atoms with Crippen molar-refractivity contribution in [3.05, 3.63) is 87.7 Å². The molecule has 9 nitrogen and oxygen atoms in total. The third-order valence-corrected chi connectivity index (χ3v) is 5.42. The van der Waals surface area contributed by atoms with Crippen molar-refractivity contribution in [1.82, 2.24) is 4.98 Å². The Hall–Kier alpha value is -3.50. The van der Waals surface area contributed by atoms with Gasteiger partial charge in [-0.05, 0) is 35.9 Å². The Morgan fingerprint density at radius 1 is 1.07 bits per heavy atom. The van der Waals surface area contributed by atoms with Crippen LogP contribution in [0.2, 0.25) is 5.02 Å². The summed E-state index contributed by atoms with van der Waals surface area (Å²) in [5, 5.41) is 15.3. The molecule has 29 heavy (non-hydrogen) atoms. The summed E-state index contributed by atoms with van der Waals surface area (Å²) in [6.45, 7) is 0. The number of nitrogens with one attached hydrogen (secondary N) is 2. The lowest BCUT2D eigenvalue weighted by molar-refractivity contribution is -0.385. The van der Waals surface area contributed by atoms with Crippen LogP contribution >= 0.6 is 11.6 Å². The number of pyridine rings is 1. The number of nitro benzene ring substituents is 1.